The van der Waals surface area contributed by atoms with E-state index in [1.54, 1.807) is 0 Å². The van der Waals surface area contributed by atoms with Crippen LogP contribution in [0, 0.1) is 0 Å². The van der Waals surface area contributed by atoms with Gasteiger partial charge in [0.05, 0.1) is 13.1 Å². The Morgan fingerprint density at radius 1 is 0.645 bits per heavy atom. The van der Waals surface area contributed by atoms with E-state index in [1.807, 2.05) is 74.5 Å². The zero-order valence-electron chi connectivity index (χ0n) is 17.8. The van der Waals surface area contributed by atoms with Crippen LogP contribution in [-0.4, -0.2) is 36.1 Å². The fourth-order valence-corrected chi connectivity index (χ4v) is 2.51. The molecule has 0 saturated carbocycles. The molecular formula is C22H30Cl2CoN4O2. The van der Waals surface area contributed by atoms with Gasteiger partial charge in [0.1, 0.15) is 0 Å². The number of benzene rings is 2. The molecule has 31 heavy (non-hydrogen) atoms. The summed E-state index contributed by atoms with van der Waals surface area (Å²) in [6.45, 7) is 4.75. The van der Waals surface area contributed by atoms with Crippen molar-refractivity contribution in [2.24, 2.45) is 9.98 Å². The van der Waals surface area contributed by atoms with Crippen LogP contribution in [0.5, 0.6) is 0 Å². The molecule has 6 nitrogen and oxygen atoms in total. The molecule has 0 saturated heterocycles. The number of rotatable bonds is 9. The van der Waals surface area contributed by atoms with Gasteiger partial charge in [-0.1, -0.05) is 60.7 Å². The predicted octanol–water partition coefficient (Wildman–Crippen LogP) is -1.22. The Balaban J connectivity index is -0.000000729. The summed E-state index contributed by atoms with van der Waals surface area (Å²) >= 11 is 0. The molecule has 0 fully saturated rings. The quantitative estimate of drug-likeness (QED) is 0.248. The molecule has 173 valence electrons. The second-order valence-electron chi connectivity index (χ2n) is 6.17. The van der Waals surface area contributed by atoms with Crippen LogP contribution < -0.4 is 37.1 Å². The number of carbonyl (C=O) groups excluding carboxylic acids is 2. The van der Waals surface area contributed by atoms with Crippen molar-refractivity contribution in [3.05, 3.63) is 71.8 Å². The number of nitrogens with zero attached hydrogens (tertiary/aromatic N) is 2. The minimum atomic E-state index is 0. The standard InChI is InChI=1S/C22H24N2O2.2ClH.Co.2H3N/c1-17(15-21(25)19-9-5-3-6-10-19)23-13-14-24-18(2)16-22(26)20-11-7-4-8-12-20;;;;;/h3-12H,13-16H2,1-2H3;2*1H;;2*1H3/q;;;+2;;/p-2. The van der Waals surface area contributed by atoms with Crippen LogP contribution in [0.25, 0.3) is 0 Å². The van der Waals surface area contributed by atoms with Gasteiger partial charge < -0.3 is 37.1 Å². The van der Waals surface area contributed by atoms with Crippen LogP contribution >= 0.6 is 0 Å². The monoisotopic (exact) mass is 511 g/mol. The molecule has 0 aliphatic heterocycles. The molecule has 0 spiro atoms. The predicted molar refractivity (Wildman–Crippen MR) is 117 cm³/mol. The maximum absolute atomic E-state index is 12.1. The topological polar surface area (TPSA) is 129 Å². The fraction of sp³-hybridized carbons (Fsp3) is 0.273. The molecule has 0 amide bonds. The molecule has 6 N–H and O–H groups in total. The maximum atomic E-state index is 12.1. The Hall–Kier alpha value is -1.87. The van der Waals surface area contributed by atoms with Crippen LogP contribution in [0.3, 0.4) is 0 Å². The van der Waals surface area contributed by atoms with Gasteiger partial charge in [-0.15, -0.1) is 0 Å². The van der Waals surface area contributed by atoms with Crippen LogP contribution in [0.1, 0.15) is 47.4 Å². The minimum absolute atomic E-state index is 0. The normalized spacial score (nSPS) is 10.1. The van der Waals surface area contributed by atoms with E-state index in [1.165, 1.54) is 0 Å². The van der Waals surface area contributed by atoms with Gasteiger partial charge in [0.2, 0.25) is 0 Å². The van der Waals surface area contributed by atoms with Crippen LogP contribution in [-0.2, 0) is 16.8 Å². The number of ketones is 2. The summed E-state index contributed by atoms with van der Waals surface area (Å²) in [5.41, 5.74) is 3.00. The summed E-state index contributed by atoms with van der Waals surface area (Å²) in [6.07, 6.45) is 0.637. The molecule has 0 aromatic heterocycles. The first kappa shape index (κ1) is 36.5. The third-order valence-electron chi connectivity index (χ3n) is 3.89. The van der Waals surface area contributed by atoms with Gasteiger partial charge >= 0.3 is 16.8 Å². The summed E-state index contributed by atoms with van der Waals surface area (Å²) in [5, 5.41) is 0. The van der Waals surface area contributed by atoms with Gasteiger partial charge in [-0.05, 0) is 13.8 Å². The molecule has 0 aliphatic carbocycles. The molecule has 0 unspecified atom stereocenters. The number of halogens is 2. The Labute approximate surface area is 207 Å². The van der Waals surface area contributed by atoms with E-state index in [0.717, 1.165) is 11.4 Å². The number of hydrogen-bond acceptors (Lipinski definition) is 6. The summed E-state index contributed by atoms with van der Waals surface area (Å²) in [6, 6.07) is 18.4. The van der Waals surface area contributed by atoms with Crippen molar-refractivity contribution in [2.75, 3.05) is 13.1 Å². The molecular weight excluding hydrogens is 482 g/mol. The number of Topliss-reactive ketones (excluding diaryl/α,β-unsaturated/α-hetero) is 2. The Kier molecular flexibility index (Phi) is 23.6. The van der Waals surface area contributed by atoms with Crippen molar-refractivity contribution in [1.29, 1.82) is 0 Å². The van der Waals surface area contributed by atoms with E-state index in [9.17, 15) is 9.59 Å². The van der Waals surface area contributed by atoms with E-state index in [0.29, 0.717) is 37.1 Å². The van der Waals surface area contributed by atoms with Crippen molar-refractivity contribution in [3.8, 4) is 0 Å². The average Bonchev–Trinajstić information content (AvgIpc) is 2.66. The summed E-state index contributed by atoms with van der Waals surface area (Å²) in [4.78, 5) is 33.0. The number of carbonyl (C=O) groups is 2. The van der Waals surface area contributed by atoms with E-state index < -0.39 is 0 Å². The largest absolute Gasteiger partial charge is 2.00 e. The smallest absolute Gasteiger partial charge is 1.00 e. The van der Waals surface area contributed by atoms with Gasteiger partial charge in [-0.3, -0.25) is 19.6 Å². The van der Waals surface area contributed by atoms with Gasteiger partial charge in [-0.2, -0.15) is 0 Å². The van der Waals surface area contributed by atoms with Crippen LogP contribution in [0.2, 0.25) is 0 Å². The van der Waals surface area contributed by atoms with E-state index in [4.69, 9.17) is 0 Å². The molecule has 0 atom stereocenters. The minimum Gasteiger partial charge on any atom is -1.00 e. The van der Waals surface area contributed by atoms with Crippen molar-refractivity contribution in [2.45, 2.75) is 26.7 Å². The molecule has 0 bridgehead atoms. The van der Waals surface area contributed by atoms with Crippen molar-refractivity contribution >= 4 is 23.0 Å². The second kappa shape index (κ2) is 20.1. The number of aliphatic imine (C=N–C) groups is 2. The van der Waals surface area contributed by atoms with Crippen LogP contribution in [0.4, 0.5) is 0 Å². The molecule has 2 rings (SSSR count). The maximum Gasteiger partial charge on any atom is 2.00 e. The molecule has 9 heteroatoms. The van der Waals surface area contributed by atoms with Gasteiger partial charge in [0, 0.05) is 35.4 Å². The van der Waals surface area contributed by atoms with Gasteiger partial charge in [-0.25, -0.2) is 0 Å². The average molecular weight is 512 g/mol. The van der Waals surface area contributed by atoms with E-state index >= 15 is 0 Å². The van der Waals surface area contributed by atoms with Crippen molar-refractivity contribution in [3.63, 3.8) is 0 Å². The third kappa shape index (κ3) is 13.9. The first-order valence-corrected chi connectivity index (χ1v) is 8.72. The summed E-state index contributed by atoms with van der Waals surface area (Å²) < 4.78 is 0. The fourth-order valence-electron chi connectivity index (χ4n) is 2.51. The molecule has 2 aromatic rings. The Morgan fingerprint density at radius 2 is 0.935 bits per heavy atom. The first-order chi connectivity index (χ1) is 12.6. The van der Waals surface area contributed by atoms with Crippen molar-refractivity contribution < 1.29 is 51.2 Å². The summed E-state index contributed by atoms with van der Waals surface area (Å²) in [5.74, 6) is 0.139. The summed E-state index contributed by atoms with van der Waals surface area (Å²) in [7, 11) is 0. The zero-order chi connectivity index (χ0) is 18.8. The SMILES string of the molecule is CC(CC(=O)c1ccccc1)=NCCN=C(C)CC(=O)c1ccccc1.N.N.[Cl-].[Cl-].[Co+2]. The molecule has 2 aromatic carbocycles. The molecule has 0 aliphatic rings. The van der Waals surface area contributed by atoms with Crippen LogP contribution in [0.15, 0.2) is 70.6 Å². The second-order valence-corrected chi connectivity index (χ2v) is 6.17. The van der Waals surface area contributed by atoms with Gasteiger partial charge in [0.25, 0.3) is 0 Å². The first-order valence-electron chi connectivity index (χ1n) is 8.72. The number of hydrogen-bond donors (Lipinski definition) is 2. The zero-order valence-corrected chi connectivity index (χ0v) is 20.4. The van der Waals surface area contributed by atoms with E-state index in [2.05, 4.69) is 9.98 Å². The third-order valence-corrected chi connectivity index (χ3v) is 3.89. The van der Waals surface area contributed by atoms with Gasteiger partial charge in [0.15, 0.2) is 11.6 Å². The van der Waals surface area contributed by atoms with Crippen molar-refractivity contribution in [1.82, 2.24) is 12.3 Å². The Bertz CT molecular complexity index is 747. The molecule has 0 heterocycles. The molecule has 1 radical (unpaired) electrons. The van der Waals surface area contributed by atoms with E-state index in [-0.39, 0.29) is 65.5 Å². The Morgan fingerprint density at radius 3 is 1.23 bits per heavy atom.